The third-order valence-electron chi connectivity index (χ3n) is 3.03. The van der Waals surface area contributed by atoms with E-state index in [0.717, 1.165) is 23.6 Å². The molecule has 4 nitrogen and oxygen atoms in total. The van der Waals surface area contributed by atoms with Crippen molar-refractivity contribution in [3.05, 3.63) is 23.5 Å². The molecule has 0 bridgehead atoms. The van der Waals surface area contributed by atoms with Gasteiger partial charge in [-0.25, -0.2) is 0 Å². The van der Waals surface area contributed by atoms with Crippen LogP contribution < -0.4 is 10.6 Å². The Morgan fingerprint density at radius 3 is 2.81 bits per heavy atom. The van der Waals surface area contributed by atoms with Crippen LogP contribution in [0, 0.1) is 19.8 Å². The first-order valence-corrected chi connectivity index (χ1v) is 5.56. The van der Waals surface area contributed by atoms with Crippen LogP contribution in [0.15, 0.2) is 12.1 Å². The van der Waals surface area contributed by atoms with Gasteiger partial charge in [-0.1, -0.05) is 0 Å². The Hall–Kier alpha value is -1.42. The van der Waals surface area contributed by atoms with Crippen molar-refractivity contribution in [2.24, 2.45) is 11.7 Å². The number of nitrogens with zero attached hydrogens (tertiary/aromatic N) is 2. The van der Waals surface area contributed by atoms with Crippen molar-refractivity contribution in [3.63, 3.8) is 0 Å². The van der Waals surface area contributed by atoms with E-state index in [1.807, 2.05) is 26.0 Å². The highest BCUT2D eigenvalue weighted by molar-refractivity contribution is 5.96. The minimum atomic E-state index is 0.157. The molecule has 0 spiro atoms. The molecule has 0 saturated carbocycles. The first kappa shape index (κ1) is 11.1. The molecule has 1 aromatic heterocycles. The summed E-state index contributed by atoms with van der Waals surface area (Å²) in [6, 6.07) is 3.90. The number of hydrogen-bond donors (Lipinski definition) is 1. The number of aryl methyl sites for hydroxylation is 2. The first-order valence-electron chi connectivity index (χ1n) is 5.56. The summed E-state index contributed by atoms with van der Waals surface area (Å²) in [5.41, 5.74) is 8.41. The van der Waals surface area contributed by atoms with Gasteiger partial charge in [-0.3, -0.25) is 9.78 Å². The van der Waals surface area contributed by atoms with Crippen molar-refractivity contribution >= 4 is 11.6 Å². The van der Waals surface area contributed by atoms with Crippen molar-refractivity contribution in [2.75, 3.05) is 18.0 Å². The summed E-state index contributed by atoms with van der Waals surface area (Å²) < 4.78 is 0. The Morgan fingerprint density at radius 2 is 2.25 bits per heavy atom. The highest BCUT2D eigenvalue weighted by Gasteiger charge is 2.30. The number of aromatic nitrogens is 1. The molecule has 86 valence electrons. The van der Waals surface area contributed by atoms with Crippen LogP contribution in [0.25, 0.3) is 0 Å². The fourth-order valence-electron chi connectivity index (χ4n) is 2.14. The zero-order valence-electron chi connectivity index (χ0n) is 9.73. The zero-order valence-corrected chi connectivity index (χ0v) is 9.73. The summed E-state index contributed by atoms with van der Waals surface area (Å²) in [4.78, 5) is 18.0. The third kappa shape index (κ3) is 1.93. The van der Waals surface area contributed by atoms with E-state index in [-0.39, 0.29) is 11.8 Å². The molecule has 1 aliphatic rings. The van der Waals surface area contributed by atoms with Gasteiger partial charge in [0, 0.05) is 18.7 Å². The topological polar surface area (TPSA) is 59.2 Å². The Bertz CT molecular complexity index is 417. The molecular weight excluding hydrogens is 202 g/mol. The molecule has 2 heterocycles. The Balaban J connectivity index is 2.28. The van der Waals surface area contributed by atoms with Gasteiger partial charge in [0.25, 0.3) is 0 Å². The van der Waals surface area contributed by atoms with E-state index in [9.17, 15) is 4.79 Å². The number of rotatable bonds is 2. The highest BCUT2D eigenvalue weighted by Crippen LogP contribution is 2.26. The predicted molar refractivity (Wildman–Crippen MR) is 63.2 cm³/mol. The number of hydrogen-bond acceptors (Lipinski definition) is 3. The molecule has 1 aromatic rings. The summed E-state index contributed by atoms with van der Waals surface area (Å²) in [6.07, 6.45) is 0.559. The minimum Gasteiger partial charge on any atom is -0.330 e. The number of nitrogens with two attached hydrogens (primary N) is 1. The molecule has 0 radical (unpaired) electrons. The molecule has 16 heavy (non-hydrogen) atoms. The van der Waals surface area contributed by atoms with E-state index in [2.05, 4.69) is 4.98 Å². The van der Waals surface area contributed by atoms with Crippen molar-refractivity contribution in [3.8, 4) is 0 Å². The van der Waals surface area contributed by atoms with Gasteiger partial charge in [-0.15, -0.1) is 0 Å². The normalized spacial score (nSPS) is 20.6. The Labute approximate surface area is 95.5 Å². The molecule has 1 amide bonds. The van der Waals surface area contributed by atoms with Gasteiger partial charge in [-0.2, -0.15) is 0 Å². The molecule has 2 rings (SSSR count). The maximum atomic E-state index is 11.8. The lowest BCUT2D eigenvalue weighted by Gasteiger charge is -2.18. The lowest BCUT2D eigenvalue weighted by Crippen LogP contribution is -2.26. The van der Waals surface area contributed by atoms with Crippen LogP contribution in [-0.4, -0.2) is 24.0 Å². The standard InChI is InChI=1S/C12H17N3O/c1-8-3-4-11(9(2)14-8)15-7-10(6-13)5-12(15)16/h3-4,10H,5-7,13H2,1-2H3. The predicted octanol–water partition coefficient (Wildman–Crippen LogP) is 1.01. The second kappa shape index (κ2) is 4.22. The summed E-state index contributed by atoms with van der Waals surface area (Å²) in [7, 11) is 0. The van der Waals surface area contributed by atoms with Gasteiger partial charge in [0.15, 0.2) is 0 Å². The average molecular weight is 219 g/mol. The van der Waals surface area contributed by atoms with E-state index < -0.39 is 0 Å². The van der Waals surface area contributed by atoms with Crippen LogP contribution in [0.3, 0.4) is 0 Å². The SMILES string of the molecule is Cc1ccc(N2CC(CN)CC2=O)c(C)n1. The quantitative estimate of drug-likeness (QED) is 0.807. The van der Waals surface area contributed by atoms with Crippen molar-refractivity contribution in [1.29, 1.82) is 0 Å². The van der Waals surface area contributed by atoms with Gasteiger partial charge in [0.1, 0.15) is 0 Å². The molecule has 0 aliphatic carbocycles. The van der Waals surface area contributed by atoms with E-state index >= 15 is 0 Å². The second-order valence-electron chi connectivity index (χ2n) is 4.37. The summed E-state index contributed by atoms with van der Waals surface area (Å²) in [5.74, 6) is 0.442. The van der Waals surface area contributed by atoms with E-state index in [1.165, 1.54) is 0 Å². The largest absolute Gasteiger partial charge is 0.330 e. The van der Waals surface area contributed by atoms with Crippen LogP contribution in [0.1, 0.15) is 17.8 Å². The van der Waals surface area contributed by atoms with Crippen molar-refractivity contribution in [1.82, 2.24) is 4.98 Å². The van der Waals surface area contributed by atoms with Gasteiger partial charge < -0.3 is 10.6 Å². The number of carbonyl (C=O) groups is 1. The molecule has 1 atom stereocenters. The molecule has 1 unspecified atom stereocenters. The van der Waals surface area contributed by atoms with Crippen LogP contribution >= 0.6 is 0 Å². The van der Waals surface area contributed by atoms with Gasteiger partial charge >= 0.3 is 0 Å². The molecule has 2 N–H and O–H groups in total. The summed E-state index contributed by atoms with van der Waals surface area (Å²) in [6.45, 7) is 5.18. The number of carbonyl (C=O) groups excluding carboxylic acids is 1. The summed E-state index contributed by atoms with van der Waals surface area (Å²) >= 11 is 0. The van der Waals surface area contributed by atoms with Crippen LogP contribution in [0.2, 0.25) is 0 Å². The van der Waals surface area contributed by atoms with Crippen LogP contribution in [-0.2, 0) is 4.79 Å². The summed E-state index contributed by atoms with van der Waals surface area (Å²) in [5, 5.41) is 0. The van der Waals surface area contributed by atoms with E-state index in [1.54, 1.807) is 4.90 Å². The first-order chi connectivity index (χ1) is 7.61. The van der Waals surface area contributed by atoms with Crippen LogP contribution in [0.4, 0.5) is 5.69 Å². The average Bonchev–Trinajstić information content (AvgIpc) is 2.60. The maximum absolute atomic E-state index is 11.8. The fraction of sp³-hybridized carbons (Fsp3) is 0.500. The molecule has 0 aromatic carbocycles. The third-order valence-corrected chi connectivity index (χ3v) is 3.03. The smallest absolute Gasteiger partial charge is 0.227 e. The minimum absolute atomic E-state index is 0.157. The monoisotopic (exact) mass is 219 g/mol. The lowest BCUT2D eigenvalue weighted by atomic mass is 10.1. The second-order valence-corrected chi connectivity index (χ2v) is 4.37. The molecule has 1 fully saturated rings. The Kier molecular flexibility index (Phi) is 2.92. The van der Waals surface area contributed by atoms with E-state index in [0.29, 0.717) is 13.0 Å². The van der Waals surface area contributed by atoms with Crippen LogP contribution in [0.5, 0.6) is 0 Å². The number of pyridine rings is 1. The fourth-order valence-corrected chi connectivity index (χ4v) is 2.14. The number of anilines is 1. The zero-order chi connectivity index (χ0) is 11.7. The van der Waals surface area contributed by atoms with Crippen molar-refractivity contribution in [2.45, 2.75) is 20.3 Å². The molecule has 1 aliphatic heterocycles. The van der Waals surface area contributed by atoms with Gasteiger partial charge in [0.05, 0.1) is 11.4 Å². The van der Waals surface area contributed by atoms with Gasteiger partial charge in [0.2, 0.25) is 5.91 Å². The Morgan fingerprint density at radius 1 is 1.50 bits per heavy atom. The number of amides is 1. The lowest BCUT2D eigenvalue weighted by molar-refractivity contribution is -0.117. The van der Waals surface area contributed by atoms with Crippen molar-refractivity contribution < 1.29 is 4.79 Å². The molecule has 4 heteroatoms. The molecule has 1 saturated heterocycles. The maximum Gasteiger partial charge on any atom is 0.227 e. The highest BCUT2D eigenvalue weighted by atomic mass is 16.2. The van der Waals surface area contributed by atoms with Gasteiger partial charge in [-0.05, 0) is 38.4 Å². The van der Waals surface area contributed by atoms with E-state index in [4.69, 9.17) is 5.73 Å². The molecular formula is C12H17N3O.